The number of para-hydroxylation sites is 1. The van der Waals surface area contributed by atoms with E-state index >= 15 is 0 Å². The van der Waals surface area contributed by atoms with Gasteiger partial charge in [-0.25, -0.2) is 0 Å². The number of nitrogens with one attached hydrogen (secondary N) is 1. The number of rotatable bonds is 4. The van der Waals surface area contributed by atoms with Gasteiger partial charge in [-0.15, -0.1) is 0 Å². The predicted molar refractivity (Wildman–Crippen MR) is 76.6 cm³/mol. The van der Waals surface area contributed by atoms with Gasteiger partial charge in [0.15, 0.2) is 0 Å². The monoisotopic (exact) mass is 282 g/mol. The van der Waals surface area contributed by atoms with Crippen LogP contribution in [0.3, 0.4) is 0 Å². The van der Waals surface area contributed by atoms with E-state index in [4.69, 9.17) is 4.42 Å². The summed E-state index contributed by atoms with van der Waals surface area (Å²) in [5.41, 5.74) is 2.03. The molecule has 1 aromatic heterocycles. The largest absolute Gasteiger partial charge is 0.550 e. The second kappa shape index (κ2) is 5.28. The summed E-state index contributed by atoms with van der Waals surface area (Å²) < 4.78 is 5.72. The highest BCUT2D eigenvalue weighted by Gasteiger charge is 2.08. The molecule has 0 bridgehead atoms. The summed E-state index contributed by atoms with van der Waals surface area (Å²) in [4.78, 5) is 21.9. The number of hydrogen-bond donors (Lipinski definition) is 1. The van der Waals surface area contributed by atoms with Crippen molar-refractivity contribution in [3.8, 4) is 0 Å². The molecule has 0 atom stereocenters. The van der Waals surface area contributed by atoms with Crippen LogP contribution in [0, 0.1) is 0 Å². The Hall–Kier alpha value is -2.82. The minimum absolute atomic E-state index is 0.111. The van der Waals surface area contributed by atoms with Crippen LogP contribution in [-0.4, -0.2) is 11.9 Å². The van der Waals surface area contributed by atoms with Gasteiger partial charge in [0, 0.05) is 34.9 Å². The summed E-state index contributed by atoms with van der Waals surface area (Å²) in [7, 11) is 0. The van der Waals surface area contributed by atoms with Crippen molar-refractivity contribution in [2.75, 3.05) is 5.32 Å². The number of hydrogen-bond acceptors (Lipinski definition) is 4. The minimum atomic E-state index is -1.24. The van der Waals surface area contributed by atoms with Gasteiger partial charge in [0.25, 0.3) is 0 Å². The lowest BCUT2D eigenvalue weighted by Gasteiger charge is -2.05. The summed E-state index contributed by atoms with van der Waals surface area (Å²) in [6.07, 6.45) is -0.404. The number of carbonyl (C=O) groups excluding carboxylic acids is 2. The third kappa shape index (κ3) is 2.72. The van der Waals surface area contributed by atoms with Crippen LogP contribution in [0.4, 0.5) is 5.69 Å². The zero-order valence-electron chi connectivity index (χ0n) is 11.1. The number of aliphatic carboxylic acids is 1. The van der Waals surface area contributed by atoms with E-state index in [-0.39, 0.29) is 18.7 Å². The van der Waals surface area contributed by atoms with Crippen LogP contribution in [0.25, 0.3) is 21.9 Å². The number of carboxylic acids is 1. The molecule has 0 saturated heterocycles. The number of benzene rings is 2. The molecular formula is C16H12NO4-. The molecule has 0 unspecified atom stereocenters. The number of anilines is 1. The van der Waals surface area contributed by atoms with Crippen LogP contribution in [0.5, 0.6) is 0 Å². The summed E-state index contributed by atoms with van der Waals surface area (Å²) in [6, 6.07) is 13.1. The first-order valence-electron chi connectivity index (χ1n) is 6.54. The Morgan fingerprint density at radius 3 is 2.57 bits per heavy atom. The first-order chi connectivity index (χ1) is 10.1. The smallest absolute Gasteiger partial charge is 0.224 e. The predicted octanol–water partition coefficient (Wildman–Crippen LogP) is 2.05. The fourth-order valence-electron chi connectivity index (χ4n) is 2.24. The molecule has 3 rings (SSSR count). The van der Waals surface area contributed by atoms with E-state index in [1.807, 2.05) is 30.3 Å². The zero-order chi connectivity index (χ0) is 14.8. The number of amides is 1. The normalized spacial score (nSPS) is 10.9. The summed E-state index contributed by atoms with van der Waals surface area (Å²) in [5, 5.41) is 15.0. The number of carboxylic acid groups (broad SMARTS) is 1. The van der Waals surface area contributed by atoms with E-state index < -0.39 is 5.97 Å². The lowest BCUT2D eigenvalue weighted by atomic mass is 10.1. The van der Waals surface area contributed by atoms with Gasteiger partial charge in [-0.1, -0.05) is 18.2 Å². The van der Waals surface area contributed by atoms with Crippen LogP contribution in [0.2, 0.25) is 0 Å². The maximum atomic E-state index is 11.6. The molecule has 1 N–H and O–H groups in total. The maximum absolute atomic E-state index is 11.6. The van der Waals surface area contributed by atoms with Crippen molar-refractivity contribution in [1.82, 2.24) is 0 Å². The van der Waals surface area contributed by atoms with Gasteiger partial charge in [0.2, 0.25) is 5.91 Å². The van der Waals surface area contributed by atoms with Crippen molar-refractivity contribution < 1.29 is 19.1 Å². The molecular weight excluding hydrogens is 270 g/mol. The molecule has 0 aliphatic rings. The SMILES string of the molecule is O=C([O-])CCC(=O)Nc1ccc2c(c1)oc1ccccc12. The van der Waals surface area contributed by atoms with Gasteiger partial charge in [-0.2, -0.15) is 0 Å². The van der Waals surface area contributed by atoms with E-state index in [0.29, 0.717) is 11.3 Å². The average molecular weight is 282 g/mol. The van der Waals surface area contributed by atoms with Gasteiger partial charge in [-0.05, 0) is 24.6 Å². The van der Waals surface area contributed by atoms with Gasteiger partial charge in [-0.3, -0.25) is 4.79 Å². The maximum Gasteiger partial charge on any atom is 0.224 e. The van der Waals surface area contributed by atoms with Crippen LogP contribution in [0.15, 0.2) is 46.9 Å². The highest BCUT2D eigenvalue weighted by atomic mass is 16.4. The van der Waals surface area contributed by atoms with Gasteiger partial charge in [0.05, 0.1) is 0 Å². The Kier molecular flexibility index (Phi) is 3.31. The van der Waals surface area contributed by atoms with E-state index in [1.54, 1.807) is 12.1 Å². The molecule has 1 heterocycles. The van der Waals surface area contributed by atoms with Crippen molar-refractivity contribution in [2.45, 2.75) is 12.8 Å². The Labute approximate surface area is 120 Å². The summed E-state index contributed by atoms with van der Waals surface area (Å²) in [5.74, 6) is -1.60. The number of furan rings is 1. The average Bonchev–Trinajstić information content (AvgIpc) is 2.82. The fourth-order valence-corrected chi connectivity index (χ4v) is 2.24. The van der Waals surface area contributed by atoms with Crippen molar-refractivity contribution in [3.05, 3.63) is 42.5 Å². The van der Waals surface area contributed by atoms with E-state index in [0.717, 1.165) is 16.4 Å². The second-order valence-corrected chi connectivity index (χ2v) is 4.73. The molecule has 5 heteroatoms. The summed E-state index contributed by atoms with van der Waals surface area (Å²) in [6.45, 7) is 0. The Morgan fingerprint density at radius 2 is 1.76 bits per heavy atom. The molecule has 0 saturated carbocycles. The van der Waals surface area contributed by atoms with Crippen molar-refractivity contribution >= 4 is 39.5 Å². The lowest BCUT2D eigenvalue weighted by Crippen LogP contribution is -2.24. The lowest BCUT2D eigenvalue weighted by molar-refractivity contribution is -0.305. The van der Waals surface area contributed by atoms with Crippen molar-refractivity contribution in [2.24, 2.45) is 0 Å². The van der Waals surface area contributed by atoms with Crippen molar-refractivity contribution in [3.63, 3.8) is 0 Å². The Bertz CT molecular complexity index is 835. The highest BCUT2D eigenvalue weighted by Crippen LogP contribution is 2.30. The molecule has 0 spiro atoms. The molecule has 106 valence electrons. The topological polar surface area (TPSA) is 82.4 Å². The van der Waals surface area contributed by atoms with E-state index in [9.17, 15) is 14.7 Å². The second-order valence-electron chi connectivity index (χ2n) is 4.73. The van der Waals surface area contributed by atoms with Crippen LogP contribution < -0.4 is 10.4 Å². The van der Waals surface area contributed by atoms with Gasteiger partial charge in [0.1, 0.15) is 11.2 Å². The number of fused-ring (bicyclic) bond motifs is 3. The van der Waals surface area contributed by atoms with Crippen LogP contribution in [0.1, 0.15) is 12.8 Å². The molecule has 5 nitrogen and oxygen atoms in total. The molecule has 0 radical (unpaired) electrons. The third-order valence-electron chi connectivity index (χ3n) is 3.22. The molecule has 0 fully saturated rings. The van der Waals surface area contributed by atoms with E-state index in [1.165, 1.54) is 0 Å². The Balaban J connectivity index is 1.86. The molecule has 0 aliphatic heterocycles. The Morgan fingerprint density at radius 1 is 1.00 bits per heavy atom. The third-order valence-corrected chi connectivity index (χ3v) is 3.22. The molecule has 2 aromatic carbocycles. The van der Waals surface area contributed by atoms with Gasteiger partial charge >= 0.3 is 0 Å². The van der Waals surface area contributed by atoms with Gasteiger partial charge < -0.3 is 19.6 Å². The van der Waals surface area contributed by atoms with E-state index in [2.05, 4.69) is 5.32 Å². The standard InChI is InChI=1S/C16H13NO4/c18-15(7-8-16(19)20)17-10-5-6-12-11-3-1-2-4-13(11)21-14(12)9-10/h1-6,9H,7-8H2,(H,17,18)(H,19,20)/p-1. The number of carbonyl (C=O) groups is 2. The first kappa shape index (κ1) is 13.2. The van der Waals surface area contributed by atoms with Crippen molar-refractivity contribution in [1.29, 1.82) is 0 Å². The highest BCUT2D eigenvalue weighted by molar-refractivity contribution is 6.06. The molecule has 0 aliphatic carbocycles. The first-order valence-corrected chi connectivity index (χ1v) is 6.54. The molecule has 3 aromatic rings. The summed E-state index contributed by atoms with van der Waals surface area (Å²) >= 11 is 0. The fraction of sp³-hybridized carbons (Fsp3) is 0.125. The minimum Gasteiger partial charge on any atom is -0.550 e. The molecule has 1 amide bonds. The zero-order valence-corrected chi connectivity index (χ0v) is 11.1. The van der Waals surface area contributed by atoms with Crippen LogP contribution in [-0.2, 0) is 9.59 Å². The quantitative estimate of drug-likeness (QED) is 0.794. The van der Waals surface area contributed by atoms with Crippen LogP contribution >= 0.6 is 0 Å². The molecule has 21 heavy (non-hydrogen) atoms.